The van der Waals surface area contributed by atoms with E-state index in [2.05, 4.69) is 0 Å². The van der Waals surface area contributed by atoms with E-state index >= 15 is 0 Å². The van der Waals surface area contributed by atoms with Gasteiger partial charge in [-0.25, -0.2) is 0 Å². The van der Waals surface area contributed by atoms with Crippen LogP contribution < -0.4 is 0 Å². The molecule has 1 aromatic carbocycles. The first kappa shape index (κ1) is 11.9. The maximum Gasteiger partial charge on any atom is 0.416 e. The SMILES string of the molecule is O=C1CC=CCC1c1ccc(C(F)(F)F)cc1. The first-order chi connectivity index (χ1) is 7.98. The topological polar surface area (TPSA) is 17.1 Å². The molecule has 0 bridgehead atoms. The largest absolute Gasteiger partial charge is 0.416 e. The molecule has 0 radical (unpaired) electrons. The maximum absolute atomic E-state index is 12.4. The molecule has 1 aromatic rings. The van der Waals surface area contributed by atoms with Crippen LogP contribution >= 0.6 is 0 Å². The van der Waals surface area contributed by atoms with Gasteiger partial charge < -0.3 is 0 Å². The van der Waals surface area contributed by atoms with Gasteiger partial charge in [0.15, 0.2) is 0 Å². The van der Waals surface area contributed by atoms with Gasteiger partial charge in [-0.05, 0) is 24.1 Å². The molecule has 0 aromatic heterocycles. The fourth-order valence-corrected chi connectivity index (χ4v) is 1.93. The second-order valence-electron chi connectivity index (χ2n) is 4.05. The standard InChI is InChI=1S/C13H11F3O/c14-13(15,16)10-7-5-9(6-8-10)11-3-1-2-4-12(11)17/h1-2,5-8,11H,3-4H2. The van der Waals surface area contributed by atoms with Gasteiger partial charge in [-0.1, -0.05) is 24.3 Å². The van der Waals surface area contributed by atoms with Crippen molar-refractivity contribution in [2.75, 3.05) is 0 Å². The van der Waals surface area contributed by atoms with Crippen molar-refractivity contribution >= 4 is 5.78 Å². The van der Waals surface area contributed by atoms with Crippen LogP contribution in [0, 0.1) is 0 Å². The van der Waals surface area contributed by atoms with Crippen LogP contribution in [0.2, 0.25) is 0 Å². The Hall–Kier alpha value is -1.58. The molecule has 1 aliphatic rings. The molecule has 0 fully saturated rings. The molecule has 1 nitrogen and oxygen atoms in total. The van der Waals surface area contributed by atoms with Gasteiger partial charge in [0, 0.05) is 12.3 Å². The van der Waals surface area contributed by atoms with Crippen LogP contribution in [0.5, 0.6) is 0 Å². The third-order valence-corrected chi connectivity index (χ3v) is 2.89. The van der Waals surface area contributed by atoms with Gasteiger partial charge in [0.2, 0.25) is 0 Å². The van der Waals surface area contributed by atoms with Crippen LogP contribution in [0.15, 0.2) is 36.4 Å². The monoisotopic (exact) mass is 240 g/mol. The number of halogens is 3. The van der Waals surface area contributed by atoms with Crippen molar-refractivity contribution in [3.8, 4) is 0 Å². The fraction of sp³-hybridized carbons (Fsp3) is 0.308. The molecular formula is C13H11F3O. The Labute approximate surface area is 96.9 Å². The van der Waals surface area contributed by atoms with Crippen LogP contribution in [-0.4, -0.2) is 5.78 Å². The highest BCUT2D eigenvalue weighted by Gasteiger charge is 2.30. The normalized spacial score (nSPS) is 20.6. The van der Waals surface area contributed by atoms with Gasteiger partial charge in [0.25, 0.3) is 0 Å². The summed E-state index contributed by atoms with van der Waals surface area (Å²) in [6, 6.07) is 4.84. The molecule has 0 heterocycles. The van der Waals surface area contributed by atoms with Gasteiger partial charge >= 0.3 is 6.18 Å². The minimum absolute atomic E-state index is 0.0623. The number of rotatable bonds is 1. The first-order valence-electron chi connectivity index (χ1n) is 5.33. The smallest absolute Gasteiger partial charge is 0.299 e. The Morgan fingerprint density at radius 2 is 1.71 bits per heavy atom. The summed E-state index contributed by atoms with van der Waals surface area (Å²) >= 11 is 0. The number of benzene rings is 1. The van der Waals surface area contributed by atoms with Crippen LogP contribution in [-0.2, 0) is 11.0 Å². The summed E-state index contributed by atoms with van der Waals surface area (Å²) in [6.07, 6.45) is 0.303. The number of carbonyl (C=O) groups is 1. The molecule has 0 saturated heterocycles. The fourth-order valence-electron chi connectivity index (χ4n) is 1.93. The Kier molecular flexibility index (Phi) is 3.05. The Morgan fingerprint density at radius 3 is 2.24 bits per heavy atom. The molecule has 0 N–H and O–H groups in total. The van der Waals surface area contributed by atoms with Crippen LogP contribution in [0.3, 0.4) is 0 Å². The predicted octanol–water partition coefficient (Wildman–Crippen LogP) is 3.71. The van der Waals surface area contributed by atoms with E-state index in [9.17, 15) is 18.0 Å². The highest BCUT2D eigenvalue weighted by atomic mass is 19.4. The third-order valence-electron chi connectivity index (χ3n) is 2.89. The second-order valence-corrected chi connectivity index (χ2v) is 4.05. The highest BCUT2D eigenvalue weighted by molar-refractivity contribution is 5.88. The Bertz CT molecular complexity index is 443. The molecular weight excluding hydrogens is 229 g/mol. The van der Waals surface area contributed by atoms with Gasteiger partial charge in [-0.2, -0.15) is 13.2 Å². The summed E-state index contributed by atoms with van der Waals surface area (Å²) in [5, 5.41) is 0. The van der Waals surface area contributed by atoms with Gasteiger partial charge in [0.05, 0.1) is 5.56 Å². The molecule has 1 aliphatic carbocycles. The van der Waals surface area contributed by atoms with Crippen molar-refractivity contribution in [1.29, 1.82) is 0 Å². The van der Waals surface area contributed by atoms with Crippen molar-refractivity contribution in [3.05, 3.63) is 47.5 Å². The van der Waals surface area contributed by atoms with Gasteiger partial charge in [-0.15, -0.1) is 0 Å². The van der Waals surface area contributed by atoms with E-state index in [0.717, 1.165) is 12.1 Å². The van der Waals surface area contributed by atoms with E-state index in [0.29, 0.717) is 18.4 Å². The van der Waals surface area contributed by atoms with Crippen LogP contribution in [0.1, 0.15) is 29.9 Å². The Balaban J connectivity index is 2.24. The third kappa shape index (κ3) is 2.57. The van der Waals surface area contributed by atoms with Crippen molar-refractivity contribution in [2.45, 2.75) is 24.9 Å². The number of hydrogen-bond donors (Lipinski definition) is 0. The van der Waals surface area contributed by atoms with Crippen molar-refractivity contribution < 1.29 is 18.0 Å². The summed E-state index contributed by atoms with van der Waals surface area (Å²) in [5.41, 5.74) is -0.0209. The van der Waals surface area contributed by atoms with Crippen molar-refractivity contribution in [1.82, 2.24) is 0 Å². The van der Waals surface area contributed by atoms with Gasteiger partial charge in [-0.3, -0.25) is 4.79 Å². The molecule has 1 unspecified atom stereocenters. The van der Waals surface area contributed by atoms with Gasteiger partial charge in [0.1, 0.15) is 5.78 Å². The average molecular weight is 240 g/mol. The summed E-state index contributed by atoms with van der Waals surface area (Å²) in [5.74, 6) is -0.227. The maximum atomic E-state index is 12.4. The predicted molar refractivity (Wildman–Crippen MR) is 57.6 cm³/mol. The summed E-state index contributed by atoms with van der Waals surface area (Å²) < 4.78 is 37.1. The molecule has 1 atom stereocenters. The summed E-state index contributed by atoms with van der Waals surface area (Å²) in [6.45, 7) is 0. The van der Waals surface area contributed by atoms with Crippen LogP contribution in [0.4, 0.5) is 13.2 Å². The zero-order chi connectivity index (χ0) is 12.5. The molecule has 0 spiro atoms. The number of allylic oxidation sites excluding steroid dienone is 2. The van der Waals surface area contributed by atoms with Crippen molar-refractivity contribution in [3.63, 3.8) is 0 Å². The van der Waals surface area contributed by atoms with E-state index in [-0.39, 0.29) is 11.7 Å². The highest BCUT2D eigenvalue weighted by Crippen LogP contribution is 2.32. The van der Waals surface area contributed by atoms with Crippen molar-refractivity contribution in [2.24, 2.45) is 0 Å². The lowest BCUT2D eigenvalue weighted by Gasteiger charge is -2.17. The quantitative estimate of drug-likeness (QED) is 0.684. The number of ketones is 1. The van der Waals surface area contributed by atoms with E-state index in [4.69, 9.17) is 0 Å². The molecule has 90 valence electrons. The van der Waals surface area contributed by atoms with Crippen LogP contribution in [0.25, 0.3) is 0 Å². The minimum Gasteiger partial charge on any atom is -0.299 e. The van der Waals surface area contributed by atoms with E-state index < -0.39 is 11.7 Å². The number of carbonyl (C=O) groups excluding carboxylic acids is 1. The average Bonchev–Trinajstić information content (AvgIpc) is 2.29. The first-order valence-corrected chi connectivity index (χ1v) is 5.33. The zero-order valence-corrected chi connectivity index (χ0v) is 9.00. The number of hydrogen-bond acceptors (Lipinski definition) is 1. The lowest BCUT2D eigenvalue weighted by molar-refractivity contribution is -0.137. The number of alkyl halides is 3. The minimum atomic E-state index is -4.32. The number of Topliss-reactive ketones (excluding diaryl/α,β-unsaturated/α-hetero) is 1. The molecule has 2 rings (SSSR count). The lowest BCUT2D eigenvalue weighted by atomic mass is 9.86. The lowest BCUT2D eigenvalue weighted by Crippen LogP contribution is -2.14. The Morgan fingerprint density at radius 1 is 1.06 bits per heavy atom. The summed E-state index contributed by atoms with van der Waals surface area (Å²) in [7, 11) is 0. The van der Waals surface area contributed by atoms with E-state index in [1.165, 1.54) is 12.1 Å². The molecule has 0 aliphatic heterocycles. The van der Waals surface area contributed by atoms with E-state index in [1.54, 1.807) is 6.08 Å². The molecule has 0 saturated carbocycles. The summed E-state index contributed by atoms with van der Waals surface area (Å²) in [4.78, 5) is 11.6. The molecule has 4 heteroatoms. The van der Waals surface area contributed by atoms with E-state index in [1.807, 2.05) is 6.08 Å². The molecule has 0 amide bonds. The second kappa shape index (κ2) is 4.35. The molecule has 17 heavy (non-hydrogen) atoms. The zero-order valence-electron chi connectivity index (χ0n) is 9.00.